The number of nitrogens with two attached hydrogens (primary N) is 1. The molecule has 1 aromatic rings. The predicted molar refractivity (Wildman–Crippen MR) is 68.6 cm³/mol. The third-order valence-electron chi connectivity index (χ3n) is 3.31. The van der Waals surface area contributed by atoms with Gasteiger partial charge >= 0.3 is 0 Å². The molecule has 2 N–H and O–H groups in total. The summed E-state index contributed by atoms with van der Waals surface area (Å²) in [4.78, 5) is 0. The number of methoxy groups -OCH3 is 1. The van der Waals surface area contributed by atoms with Gasteiger partial charge in [-0.1, -0.05) is 0 Å². The van der Waals surface area contributed by atoms with Crippen LogP contribution in [-0.2, 0) is 0 Å². The Hall–Kier alpha value is -1.73. The summed E-state index contributed by atoms with van der Waals surface area (Å²) in [7, 11) is 1.60. The average molecular weight is 246 g/mol. The molecule has 0 unspecified atom stereocenters. The summed E-state index contributed by atoms with van der Waals surface area (Å²) in [6.07, 6.45) is 4.07. The lowest BCUT2D eigenvalue weighted by molar-refractivity contribution is 0.142. The maximum Gasteiger partial charge on any atom is 0.162 e. The topological polar surface area (TPSA) is 68.3 Å². The van der Waals surface area contributed by atoms with Crippen LogP contribution in [0.1, 0.15) is 31.2 Å². The predicted octanol–water partition coefficient (Wildman–Crippen LogP) is 2.22. The van der Waals surface area contributed by atoms with Crippen LogP contribution in [0, 0.1) is 11.3 Å². The molecule has 1 aliphatic carbocycles. The van der Waals surface area contributed by atoms with Crippen molar-refractivity contribution in [1.29, 1.82) is 5.26 Å². The Morgan fingerprint density at radius 2 is 1.94 bits per heavy atom. The first kappa shape index (κ1) is 12.7. The molecule has 0 atom stereocenters. The molecule has 1 aromatic carbocycles. The van der Waals surface area contributed by atoms with Gasteiger partial charge in [-0.25, -0.2) is 0 Å². The van der Waals surface area contributed by atoms with Crippen molar-refractivity contribution in [3.63, 3.8) is 0 Å². The summed E-state index contributed by atoms with van der Waals surface area (Å²) in [6, 6.07) is 7.63. The van der Waals surface area contributed by atoms with Crippen molar-refractivity contribution in [3.8, 4) is 17.6 Å². The highest BCUT2D eigenvalue weighted by molar-refractivity contribution is 5.46. The van der Waals surface area contributed by atoms with Crippen LogP contribution in [0.5, 0.6) is 11.5 Å². The van der Waals surface area contributed by atoms with Crippen LogP contribution in [-0.4, -0.2) is 19.3 Å². The summed E-state index contributed by atoms with van der Waals surface area (Å²) in [5.41, 5.74) is 6.45. The minimum Gasteiger partial charge on any atom is -0.493 e. The minimum absolute atomic E-state index is 0.174. The van der Waals surface area contributed by atoms with Crippen molar-refractivity contribution in [3.05, 3.63) is 23.8 Å². The molecule has 4 nitrogen and oxygen atoms in total. The molecule has 0 heterocycles. The molecule has 0 aromatic heterocycles. The number of benzene rings is 1. The molecular formula is C14H18N2O2. The molecule has 0 aliphatic heterocycles. The lowest BCUT2D eigenvalue weighted by Gasteiger charge is -2.27. The summed E-state index contributed by atoms with van der Waals surface area (Å²) in [6.45, 7) is 0. The Kier molecular flexibility index (Phi) is 4.06. The molecule has 1 aliphatic rings. The SMILES string of the molecule is COc1ccc(C#N)cc1OC1CCC(N)CC1. The largest absolute Gasteiger partial charge is 0.493 e. The zero-order valence-electron chi connectivity index (χ0n) is 10.6. The molecule has 0 bridgehead atoms. The van der Waals surface area contributed by atoms with Crippen LogP contribution in [0.4, 0.5) is 0 Å². The number of nitriles is 1. The van der Waals surface area contributed by atoms with E-state index >= 15 is 0 Å². The molecule has 96 valence electrons. The smallest absolute Gasteiger partial charge is 0.162 e. The summed E-state index contributed by atoms with van der Waals surface area (Å²) < 4.78 is 11.2. The number of ether oxygens (including phenoxy) is 2. The van der Waals surface area contributed by atoms with Gasteiger partial charge in [-0.2, -0.15) is 5.26 Å². The molecule has 1 saturated carbocycles. The normalized spacial score (nSPS) is 23.2. The molecule has 1 fully saturated rings. The van der Waals surface area contributed by atoms with Gasteiger partial charge < -0.3 is 15.2 Å². The first-order chi connectivity index (χ1) is 8.72. The van der Waals surface area contributed by atoms with E-state index in [0.29, 0.717) is 23.1 Å². The Morgan fingerprint density at radius 3 is 2.56 bits per heavy atom. The third kappa shape index (κ3) is 2.93. The number of nitrogens with zero attached hydrogens (tertiary/aromatic N) is 1. The summed E-state index contributed by atoms with van der Waals surface area (Å²) >= 11 is 0. The average Bonchev–Trinajstić information content (AvgIpc) is 2.41. The van der Waals surface area contributed by atoms with Crippen molar-refractivity contribution in [2.45, 2.75) is 37.8 Å². The van der Waals surface area contributed by atoms with E-state index in [-0.39, 0.29) is 6.10 Å². The van der Waals surface area contributed by atoms with E-state index in [1.807, 2.05) is 0 Å². The quantitative estimate of drug-likeness (QED) is 0.887. The molecule has 4 heteroatoms. The van der Waals surface area contributed by atoms with Gasteiger partial charge in [0.05, 0.1) is 24.8 Å². The van der Waals surface area contributed by atoms with E-state index in [1.165, 1.54) is 0 Å². The van der Waals surface area contributed by atoms with Crippen LogP contribution in [0.3, 0.4) is 0 Å². The van der Waals surface area contributed by atoms with Crippen molar-refractivity contribution in [1.82, 2.24) is 0 Å². The van der Waals surface area contributed by atoms with Crippen LogP contribution in [0.25, 0.3) is 0 Å². The van der Waals surface area contributed by atoms with E-state index < -0.39 is 0 Å². The Labute approximate surface area is 107 Å². The van der Waals surface area contributed by atoms with Gasteiger partial charge in [0.25, 0.3) is 0 Å². The Bertz CT molecular complexity index is 446. The molecule has 2 rings (SSSR count). The van der Waals surface area contributed by atoms with Crippen LogP contribution >= 0.6 is 0 Å². The van der Waals surface area contributed by atoms with Gasteiger partial charge in [0.2, 0.25) is 0 Å². The number of hydrogen-bond acceptors (Lipinski definition) is 4. The minimum atomic E-state index is 0.174. The highest BCUT2D eigenvalue weighted by atomic mass is 16.5. The number of rotatable bonds is 3. The van der Waals surface area contributed by atoms with Gasteiger partial charge in [0, 0.05) is 12.1 Å². The fourth-order valence-corrected chi connectivity index (χ4v) is 2.22. The summed E-state index contributed by atoms with van der Waals surface area (Å²) in [5, 5.41) is 8.90. The van der Waals surface area contributed by atoms with Crippen molar-refractivity contribution < 1.29 is 9.47 Å². The number of hydrogen-bond donors (Lipinski definition) is 1. The first-order valence-electron chi connectivity index (χ1n) is 6.23. The molecule has 0 radical (unpaired) electrons. The molecule has 0 spiro atoms. The standard InChI is InChI=1S/C14H18N2O2/c1-17-13-7-2-10(9-15)8-14(13)18-12-5-3-11(16)4-6-12/h2,7-8,11-12H,3-6,16H2,1H3. The van der Waals surface area contributed by atoms with Crippen molar-refractivity contribution in [2.75, 3.05) is 7.11 Å². The zero-order valence-corrected chi connectivity index (χ0v) is 10.6. The van der Waals surface area contributed by atoms with Gasteiger partial charge in [0.1, 0.15) is 0 Å². The maximum atomic E-state index is 8.90. The Morgan fingerprint density at radius 1 is 1.22 bits per heavy atom. The van der Waals surface area contributed by atoms with E-state index in [4.69, 9.17) is 20.5 Å². The van der Waals surface area contributed by atoms with E-state index in [2.05, 4.69) is 6.07 Å². The highest BCUT2D eigenvalue weighted by Gasteiger charge is 2.21. The second kappa shape index (κ2) is 5.74. The monoisotopic (exact) mass is 246 g/mol. The van der Waals surface area contributed by atoms with E-state index in [0.717, 1.165) is 25.7 Å². The molecule has 18 heavy (non-hydrogen) atoms. The lowest BCUT2D eigenvalue weighted by Crippen LogP contribution is -2.31. The second-order valence-electron chi connectivity index (χ2n) is 4.63. The van der Waals surface area contributed by atoms with Gasteiger partial charge in [-0.05, 0) is 37.8 Å². The fraction of sp³-hybridized carbons (Fsp3) is 0.500. The highest BCUT2D eigenvalue weighted by Crippen LogP contribution is 2.31. The first-order valence-corrected chi connectivity index (χ1v) is 6.23. The van der Waals surface area contributed by atoms with Crippen molar-refractivity contribution in [2.24, 2.45) is 5.73 Å². The second-order valence-corrected chi connectivity index (χ2v) is 4.63. The van der Waals surface area contributed by atoms with Crippen LogP contribution in [0.15, 0.2) is 18.2 Å². The lowest BCUT2D eigenvalue weighted by atomic mass is 9.94. The molecule has 0 saturated heterocycles. The molecule has 0 amide bonds. The zero-order chi connectivity index (χ0) is 13.0. The maximum absolute atomic E-state index is 8.90. The fourth-order valence-electron chi connectivity index (χ4n) is 2.22. The van der Waals surface area contributed by atoms with Gasteiger partial charge in [-0.15, -0.1) is 0 Å². The van der Waals surface area contributed by atoms with Crippen LogP contribution in [0.2, 0.25) is 0 Å². The van der Waals surface area contributed by atoms with E-state index in [1.54, 1.807) is 25.3 Å². The summed E-state index contributed by atoms with van der Waals surface area (Å²) in [5.74, 6) is 1.32. The van der Waals surface area contributed by atoms with Gasteiger partial charge in [0.15, 0.2) is 11.5 Å². The van der Waals surface area contributed by atoms with Crippen molar-refractivity contribution >= 4 is 0 Å². The molecular weight excluding hydrogens is 228 g/mol. The third-order valence-corrected chi connectivity index (χ3v) is 3.31. The van der Waals surface area contributed by atoms with Crippen LogP contribution < -0.4 is 15.2 Å². The van der Waals surface area contributed by atoms with E-state index in [9.17, 15) is 0 Å². The Balaban J connectivity index is 2.10. The van der Waals surface area contributed by atoms with Gasteiger partial charge in [-0.3, -0.25) is 0 Å².